The van der Waals surface area contributed by atoms with E-state index in [0.717, 1.165) is 0 Å². The number of alkyl carbamates (subject to hydrolysis) is 1. The van der Waals surface area contributed by atoms with Crippen molar-refractivity contribution in [3.05, 3.63) is 0 Å². The lowest BCUT2D eigenvalue weighted by atomic mass is 10.1. The topological polar surface area (TPSA) is 113 Å². The van der Waals surface area contributed by atoms with Crippen LogP contribution in [0.15, 0.2) is 0 Å². The highest BCUT2D eigenvalue weighted by Crippen LogP contribution is 2.09. The molecule has 3 N–H and O–H groups in total. The van der Waals surface area contributed by atoms with Crippen LogP contribution >= 0.6 is 0 Å². The van der Waals surface area contributed by atoms with Crippen LogP contribution < -0.4 is 5.32 Å². The van der Waals surface area contributed by atoms with E-state index in [1.54, 1.807) is 20.8 Å². The normalized spacial score (nSPS) is 12.6. The van der Waals surface area contributed by atoms with E-state index in [4.69, 9.17) is 14.9 Å². The number of hydrogen-bond donors (Lipinski definition) is 3. The first-order valence-corrected chi connectivity index (χ1v) is 6.03. The van der Waals surface area contributed by atoms with Crippen molar-refractivity contribution < 1.29 is 29.3 Å². The van der Waals surface area contributed by atoms with Gasteiger partial charge in [-0.25, -0.2) is 4.79 Å². The Hall–Kier alpha value is -1.79. The molecule has 0 aliphatic carbocycles. The van der Waals surface area contributed by atoms with Gasteiger partial charge in [0.05, 0.1) is 6.42 Å². The molecule has 0 heterocycles. The maximum Gasteiger partial charge on any atom is 0.407 e. The van der Waals surface area contributed by atoms with E-state index in [1.165, 1.54) is 0 Å². The minimum atomic E-state index is -1.06. The van der Waals surface area contributed by atoms with Crippen LogP contribution in [0.5, 0.6) is 0 Å². The Morgan fingerprint density at radius 3 is 2.16 bits per heavy atom. The molecule has 0 aromatic heterocycles. The minimum absolute atomic E-state index is 0.0634. The van der Waals surface area contributed by atoms with E-state index in [-0.39, 0.29) is 19.3 Å². The lowest BCUT2D eigenvalue weighted by molar-refractivity contribution is -0.137. The van der Waals surface area contributed by atoms with Crippen molar-refractivity contribution in [2.75, 3.05) is 0 Å². The van der Waals surface area contributed by atoms with Crippen LogP contribution in [0.4, 0.5) is 4.79 Å². The summed E-state index contributed by atoms with van der Waals surface area (Å²) in [6, 6.07) is -0.633. The van der Waals surface area contributed by atoms with Crippen LogP contribution in [-0.2, 0) is 14.3 Å². The third-order valence-corrected chi connectivity index (χ3v) is 2.09. The van der Waals surface area contributed by atoms with Gasteiger partial charge in [-0.1, -0.05) is 0 Å². The highest BCUT2D eigenvalue weighted by Gasteiger charge is 2.21. The van der Waals surface area contributed by atoms with Crippen molar-refractivity contribution in [1.29, 1.82) is 0 Å². The number of carboxylic acids is 2. The van der Waals surface area contributed by atoms with Crippen molar-refractivity contribution in [1.82, 2.24) is 5.32 Å². The predicted molar refractivity (Wildman–Crippen MR) is 66.9 cm³/mol. The van der Waals surface area contributed by atoms with Gasteiger partial charge in [-0.15, -0.1) is 0 Å². The van der Waals surface area contributed by atoms with Crippen molar-refractivity contribution in [2.24, 2.45) is 0 Å². The molecule has 0 saturated carbocycles. The molecule has 0 aliphatic rings. The van der Waals surface area contributed by atoms with Crippen molar-refractivity contribution >= 4 is 18.0 Å². The van der Waals surface area contributed by atoms with Crippen LogP contribution in [0.2, 0.25) is 0 Å². The molecule has 0 bridgehead atoms. The fourth-order valence-electron chi connectivity index (χ4n) is 1.41. The molecule has 0 radical (unpaired) electrons. The first-order chi connectivity index (χ1) is 8.60. The molecule has 110 valence electrons. The number of hydrogen-bond acceptors (Lipinski definition) is 4. The van der Waals surface area contributed by atoms with E-state index in [9.17, 15) is 14.4 Å². The molecule has 0 aromatic rings. The van der Waals surface area contributed by atoms with E-state index in [0.29, 0.717) is 6.42 Å². The zero-order chi connectivity index (χ0) is 15.1. The molecule has 0 aromatic carbocycles. The van der Waals surface area contributed by atoms with Gasteiger partial charge in [0.25, 0.3) is 0 Å². The van der Waals surface area contributed by atoms with Gasteiger partial charge in [0.15, 0.2) is 0 Å². The minimum Gasteiger partial charge on any atom is -0.481 e. The van der Waals surface area contributed by atoms with Crippen LogP contribution in [0.25, 0.3) is 0 Å². The first kappa shape index (κ1) is 17.2. The Kier molecular flexibility index (Phi) is 6.89. The molecule has 0 fully saturated rings. The van der Waals surface area contributed by atoms with Gasteiger partial charge < -0.3 is 20.3 Å². The average molecular weight is 275 g/mol. The quantitative estimate of drug-likeness (QED) is 0.650. The molecule has 1 unspecified atom stereocenters. The zero-order valence-corrected chi connectivity index (χ0v) is 11.4. The molecule has 7 heteroatoms. The third kappa shape index (κ3) is 11.1. The van der Waals surface area contributed by atoms with Gasteiger partial charge in [0.1, 0.15) is 5.60 Å². The Bertz CT molecular complexity index is 334. The summed E-state index contributed by atoms with van der Waals surface area (Å²) < 4.78 is 5.02. The Balaban J connectivity index is 4.29. The monoisotopic (exact) mass is 275 g/mol. The summed E-state index contributed by atoms with van der Waals surface area (Å²) in [5.41, 5.74) is -0.668. The van der Waals surface area contributed by atoms with Crippen LogP contribution in [0, 0.1) is 0 Å². The van der Waals surface area contributed by atoms with E-state index in [1.807, 2.05) is 0 Å². The molecule has 1 amide bonds. The number of amides is 1. The molecule has 0 spiro atoms. The number of carbonyl (C=O) groups is 3. The summed E-state index contributed by atoms with van der Waals surface area (Å²) in [7, 11) is 0. The van der Waals surface area contributed by atoms with Gasteiger partial charge >= 0.3 is 18.0 Å². The number of nitrogens with one attached hydrogen (secondary N) is 1. The molecular formula is C12H21NO6. The molecule has 7 nitrogen and oxygen atoms in total. The van der Waals surface area contributed by atoms with Crippen LogP contribution in [0.1, 0.15) is 46.5 Å². The number of ether oxygens (including phenoxy) is 1. The van der Waals surface area contributed by atoms with Crippen molar-refractivity contribution in [3.8, 4) is 0 Å². The summed E-state index contributed by atoms with van der Waals surface area (Å²) in [6.45, 7) is 5.09. The number of carbonyl (C=O) groups excluding carboxylic acids is 1. The standard InChI is InChI=1S/C12H21NO6/c1-12(2,3)19-11(18)13-8(7-10(16)17)5-4-6-9(14)15/h8H,4-7H2,1-3H3,(H,13,18)(H,14,15)(H,16,17). The molecule has 19 heavy (non-hydrogen) atoms. The van der Waals surface area contributed by atoms with Gasteiger partial charge in [-0.2, -0.15) is 0 Å². The third-order valence-electron chi connectivity index (χ3n) is 2.09. The van der Waals surface area contributed by atoms with Gasteiger partial charge in [-0.3, -0.25) is 9.59 Å². The molecule has 0 rings (SSSR count). The van der Waals surface area contributed by atoms with Gasteiger partial charge in [-0.05, 0) is 33.6 Å². The van der Waals surface area contributed by atoms with Gasteiger partial charge in [0, 0.05) is 12.5 Å². The van der Waals surface area contributed by atoms with E-state index >= 15 is 0 Å². The lowest BCUT2D eigenvalue weighted by Gasteiger charge is -2.22. The van der Waals surface area contributed by atoms with Crippen molar-refractivity contribution in [3.63, 3.8) is 0 Å². The van der Waals surface area contributed by atoms with Crippen LogP contribution in [-0.4, -0.2) is 39.9 Å². The van der Waals surface area contributed by atoms with Crippen LogP contribution in [0.3, 0.4) is 0 Å². The van der Waals surface area contributed by atoms with Gasteiger partial charge in [0.2, 0.25) is 0 Å². The number of aliphatic carboxylic acids is 2. The maximum atomic E-state index is 11.5. The highest BCUT2D eigenvalue weighted by atomic mass is 16.6. The molecule has 1 atom stereocenters. The second kappa shape index (κ2) is 7.60. The largest absolute Gasteiger partial charge is 0.481 e. The first-order valence-electron chi connectivity index (χ1n) is 6.03. The second-order valence-electron chi connectivity index (χ2n) is 5.23. The predicted octanol–water partition coefficient (Wildman–Crippen LogP) is 1.61. The van der Waals surface area contributed by atoms with Crippen molar-refractivity contribution in [2.45, 2.75) is 58.1 Å². The summed E-state index contributed by atoms with van der Waals surface area (Å²) in [6.07, 6.45) is -0.458. The number of carboxylic acid groups (broad SMARTS) is 2. The smallest absolute Gasteiger partial charge is 0.407 e. The lowest BCUT2D eigenvalue weighted by Crippen LogP contribution is -2.40. The SMILES string of the molecule is CC(C)(C)OC(=O)NC(CCCC(=O)O)CC(=O)O. The van der Waals surface area contributed by atoms with E-state index in [2.05, 4.69) is 5.32 Å². The Morgan fingerprint density at radius 1 is 1.16 bits per heavy atom. The average Bonchev–Trinajstić information content (AvgIpc) is 2.11. The summed E-state index contributed by atoms with van der Waals surface area (Å²) in [5.74, 6) is -2.01. The Labute approximate surface area is 111 Å². The summed E-state index contributed by atoms with van der Waals surface area (Å²) in [4.78, 5) is 32.6. The maximum absolute atomic E-state index is 11.5. The number of rotatable bonds is 7. The Morgan fingerprint density at radius 2 is 1.74 bits per heavy atom. The second-order valence-corrected chi connectivity index (χ2v) is 5.23. The van der Waals surface area contributed by atoms with E-state index < -0.39 is 29.7 Å². The molecule has 0 aliphatic heterocycles. The summed E-state index contributed by atoms with van der Waals surface area (Å²) >= 11 is 0. The molecule has 0 saturated heterocycles. The summed E-state index contributed by atoms with van der Waals surface area (Å²) in [5, 5.41) is 19.7. The highest BCUT2D eigenvalue weighted by molar-refractivity contribution is 5.71. The molecular weight excluding hydrogens is 254 g/mol. The fraction of sp³-hybridized carbons (Fsp3) is 0.750. The fourth-order valence-corrected chi connectivity index (χ4v) is 1.41. The zero-order valence-electron chi connectivity index (χ0n) is 11.4.